The SMILES string of the molecule is Cc1ncnc(N2CC(n3c(C(C)(C)C)nc4ccccc43)C2)c1C. The molecule has 5 heteroatoms. The number of fused-ring (bicyclic) bond motifs is 1. The number of aryl methyl sites for hydroxylation is 1. The van der Waals surface area contributed by atoms with Gasteiger partial charge in [0.25, 0.3) is 0 Å². The smallest absolute Gasteiger partial charge is 0.135 e. The number of aromatic nitrogens is 4. The highest BCUT2D eigenvalue weighted by molar-refractivity contribution is 5.76. The molecule has 25 heavy (non-hydrogen) atoms. The van der Waals surface area contributed by atoms with Crippen LogP contribution in [0.5, 0.6) is 0 Å². The minimum absolute atomic E-state index is 0.0147. The van der Waals surface area contributed by atoms with Crippen LogP contribution < -0.4 is 4.90 Å². The topological polar surface area (TPSA) is 46.8 Å². The van der Waals surface area contributed by atoms with Gasteiger partial charge in [0.1, 0.15) is 18.0 Å². The average Bonchev–Trinajstić information content (AvgIpc) is 2.90. The molecule has 1 aromatic carbocycles. The molecule has 3 aromatic rings. The maximum Gasteiger partial charge on any atom is 0.135 e. The first kappa shape index (κ1) is 16.1. The Morgan fingerprint density at radius 2 is 1.76 bits per heavy atom. The molecule has 0 radical (unpaired) electrons. The van der Waals surface area contributed by atoms with E-state index in [1.165, 1.54) is 11.1 Å². The van der Waals surface area contributed by atoms with Crippen LogP contribution in [-0.4, -0.2) is 32.6 Å². The monoisotopic (exact) mass is 335 g/mol. The van der Waals surface area contributed by atoms with Crippen LogP contribution in [0.25, 0.3) is 11.0 Å². The zero-order valence-electron chi connectivity index (χ0n) is 15.6. The van der Waals surface area contributed by atoms with Crippen molar-refractivity contribution in [3.05, 3.63) is 47.7 Å². The molecule has 1 saturated heterocycles. The molecule has 0 aliphatic carbocycles. The highest BCUT2D eigenvalue weighted by atomic mass is 15.3. The second-order valence-electron chi connectivity index (χ2n) is 8.01. The highest BCUT2D eigenvalue weighted by Gasteiger charge is 2.35. The van der Waals surface area contributed by atoms with Crippen molar-refractivity contribution >= 4 is 16.9 Å². The van der Waals surface area contributed by atoms with Crippen LogP contribution in [-0.2, 0) is 5.41 Å². The number of nitrogens with zero attached hydrogens (tertiary/aromatic N) is 5. The lowest BCUT2D eigenvalue weighted by molar-refractivity contribution is 0.371. The Labute approximate surface area is 148 Å². The Morgan fingerprint density at radius 3 is 2.48 bits per heavy atom. The minimum atomic E-state index is 0.0147. The first-order valence-electron chi connectivity index (χ1n) is 8.87. The van der Waals surface area contributed by atoms with E-state index < -0.39 is 0 Å². The molecule has 0 unspecified atom stereocenters. The van der Waals surface area contributed by atoms with Gasteiger partial charge >= 0.3 is 0 Å². The van der Waals surface area contributed by atoms with Crippen LogP contribution in [0.15, 0.2) is 30.6 Å². The maximum atomic E-state index is 4.94. The molecule has 1 fully saturated rings. The summed E-state index contributed by atoms with van der Waals surface area (Å²) in [5.74, 6) is 2.22. The quantitative estimate of drug-likeness (QED) is 0.714. The van der Waals surface area contributed by atoms with Crippen LogP contribution >= 0.6 is 0 Å². The number of benzene rings is 1. The summed E-state index contributed by atoms with van der Waals surface area (Å²) in [4.78, 5) is 16.1. The van der Waals surface area contributed by atoms with Gasteiger partial charge in [0.15, 0.2) is 0 Å². The predicted molar refractivity (Wildman–Crippen MR) is 101 cm³/mol. The zero-order valence-corrected chi connectivity index (χ0v) is 15.6. The van der Waals surface area contributed by atoms with Gasteiger partial charge in [-0.2, -0.15) is 0 Å². The van der Waals surface area contributed by atoms with Gasteiger partial charge in [-0.3, -0.25) is 0 Å². The summed E-state index contributed by atoms with van der Waals surface area (Å²) in [6.07, 6.45) is 1.66. The van der Waals surface area contributed by atoms with E-state index in [1.54, 1.807) is 6.33 Å². The predicted octanol–water partition coefficient (Wildman–Crippen LogP) is 3.80. The summed E-state index contributed by atoms with van der Waals surface area (Å²) in [5, 5.41) is 0. The molecule has 0 atom stereocenters. The second kappa shape index (κ2) is 5.55. The van der Waals surface area contributed by atoms with E-state index in [9.17, 15) is 0 Å². The van der Waals surface area contributed by atoms with Gasteiger partial charge in [0.05, 0.1) is 17.1 Å². The van der Waals surface area contributed by atoms with E-state index in [-0.39, 0.29) is 5.41 Å². The van der Waals surface area contributed by atoms with Crippen molar-refractivity contribution in [2.24, 2.45) is 0 Å². The Kier molecular flexibility index (Phi) is 3.56. The number of imidazole rings is 1. The van der Waals surface area contributed by atoms with Crippen molar-refractivity contribution in [2.75, 3.05) is 18.0 Å². The van der Waals surface area contributed by atoms with Gasteiger partial charge in [0, 0.05) is 29.8 Å². The molecule has 2 aromatic heterocycles. The van der Waals surface area contributed by atoms with E-state index >= 15 is 0 Å². The third-order valence-corrected chi connectivity index (χ3v) is 5.10. The summed E-state index contributed by atoms with van der Waals surface area (Å²) in [5.41, 5.74) is 4.55. The first-order valence-corrected chi connectivity index (χ1v) is 8.87. The van der Waals surface area contributed by atoms with Gasteiger partial charge < -0.3 is 9.47 Å². The lowest BCUT2D eigenvalue weighted by Gasteiger charge is -2.43. The van der Waals surface area contributed by atoms with Crippen LogP contribution in [0, 0.1) is 13.8 Å². The summed E-state index contributed by atoms with van der Waals surface area (Å²) in [6, 6.07) is 8.87. The summed E-state index contributed by atoms with van der Waals surface area (Å²) in [7, 11) is 0. The number of anilines is 1. The van der Waals surface area contributed by atoms with E-state index in [2.05, 4.69) is 71.4 Å². The molecule has 130 valence electrons. The van der Waals surface area contributed by atoms with E-state index in [1.807, 2.05) is 6.92 Å². The fourth-order valence-electron chi connectivity index (χ4n) is 3.58. The Balaban J connectivity index is 1.69. The fraction of sp³-hybridized carbons (Fsp3) is 0.450. The summed E-state index contributed by atoms with van der Waals surface area (Å²) >= 11 is 0. The van der Waals surface area contributed by atoms with Crippen LogP contribution in [0.3, 0.4) is 0 Å². The largest absolute Gasteiger partial charge is 0.352 e. The maximum absolute atomic E-state index is 4.94. The molecular formula is C20H25N5. The highest BCUT2D eigenvalue weighted by Crippen LogP contribution is 2.35. The number of hydrogen-bond donors (Lipinski definition) is 0. The molecule has 1 aliphatic heterocycles. The molecule has 0 saturated carbocycles. The Morgan fingerprint density at radius 1 is 1.04 bits per heavy atom. The summed E-state index contributed by atoms with van der Waals surface area (Å²) in [6.45, 7) is 12.8. The molecule has 0 N–H and O–H groups in total. The minimum Gasteiger partial charge on any atom is -0.352 e. The van der Waals surface area contributed by atoms with Gasteiger partial charge in [-0.1, -0.05) is 32.9 Å². The van der Waals surface area contributed by atoms with E-state index in [0.29, 0.717) is 6.04 Å². The molecule has 0 amide bonds. The Hall–Kier alpha value is -2.43. The molecular weight excluding hydrogens is 310 g/mol. The third kappa shape index (κ3) is 2.58. The van der Waals surface area contributed by atoms with Crippen molar-refractivity contribution in [1.29, 1.82) is 0 Å². The van der Waals surface area contributed by atoms with Crippen molar-refractivity contribution in [3.63, 3.8) is 0 Å². The number of para-hydroxylation sites is 2. The molecule has 3 heterocycles. The lowest BCUT2D eigenvalue weighted by Crippen LogP contribution is -2.49. The fourth-order valence-corrected chi connectivity index (χ4v) is 3.58. The van der Waals surface area contributed by atoms with Crippen molar-refractivity contribution in [2.45, 2.75) is 46.1 Å². The van der Waals surface area contributed by atoms with Crippen LogP contribution in [0.2, 0.25) is 0 Å². The van der Waals surface area contributed by atoms with Crippen molar-refractivity contribution in [1.82, 2.24) is 19.5 Å². The summed E-state index contributed by atoms with van der Waals surface area (Å²) < 4.78 is 2.44. The Bertz CT molecular complexity index is 929. The lowest BCUT2D eigenvalue weighted by atomic mass is 9.94. The zero-order chi connectivity index (χ0) is 17.8. The van der Waals surface area contributed by atoms with Gasteiger partial charge in [-0.05, 0) is 26.0 Å². The van der Waals surface area contributed by atoms with Gasteiger partial charge in [-0.15, -0.1) is 0 Å². The normalized spacial score (nSPS) is 15.6. The van der Waals surface area contributed by atoms with Crippen LogP contribution in [0.4, 0.5) is 5.82 Å². The van der Waals surface area contributed by atoms with E-state index in [0.717, 1.165) is 35.9 Å². The van der Waals surface area contributed by atoms with Crippen molar-refractivity contribution < 1.29 is 0 Å². The molecule has 1 aliphatic rings. The number of rotatable bonds is 2. The van der Waals surface area contributed by atoms with Gasteiger partial charge in [0.2, 0.25) is 0 Å². The van der Waals surface area contributed by atoms with Crippen molar-refractivity contribution in [3.8, 4) is 0 Å². The van der Waals surface area contributed by atoms with Gasteiger partial charge in [-0.25, -0.2) is 15.0 Å². The molecule has 0 bridgehead atoms. The third-order valence-electron chi connectivity index (χ3n) is 5.10. The second-order valence-corrected chi connectivity index (χ2v) is 8.01. The molecule has 0 spiro atoms. The molecule has 5 nitrogen and oxygen atoms in total. The average molecular weight is 335 g/mol. The first-order chi connectivity index (χ1) is 11.9. The van der Waals surface area contributed by atoms with Crippen LogP contribution in [0.1, 0.15) is 43.9 Å². The standard InChI is InChI=1S/C20H25N5/c1-13-14(2)21-12-22-18(13)24-10-15(11-24)25-17-9-7-6-8-16(17)23-19(25)20(3,4)5/h6-9,12,15H,10-11H2,1-5H3. The van der Waals surface area contributed by atoms with E-state index in [4.69, 9.17) is 4.98 Å². The molecule has 4 rings (SSSR count). The number of hydrogen-bond acceptors (Lipinski definition) is 4.